The lowest BCUT2D eigenvalue weighted by atomic mass is 10.2. The first kappa shape index (κ1) is 18.6. The number of rotatable bonds is 8. The molecule has 134 valence electrons. The van der Waals surface area contributed by atoms with Crippen molar-refractivity contribution in [3.05, 3.63) is 35.9 Å². The summed E-state index contributed by atoms with van der Waals surface area (Å²) >= 11 is 0. The van der Waals surface area contributed by atoms with E-state index >= 15 is 0 Å². The predicted molar refractivity (Wildman–Crippen MR) is 88.2 cm³/mol. The number of imide groups is 2. The highest BCUT2D eigenvalue weighted by molar-refractivity contribution is 6.45. The quantitative estimate of drug-likeness (QED) is 0.504. The number of urea groups is 1. The summed E-state index contributed by atoms with van der Waals surface area (Å²) in [7, 11) is 1.52. The van der Waals surface area contributed by atoms with Crippen LogP contribution in [0.5, 0.6) is 0 Å². The summed E-state index contributed by atoms with van der Waals surface area (Å²) in [5, 5.41) is 0. The Kier molecular flexibility index (Phi) is 6.24. The van der Waals surface area contributed by atoms with Gasteiger partial charge in [0.2, 0.25) is 5.91 Å². The van der Waals surface area contributed by atoms with Crippen molar-refractivity contribution < 1.29 is 23.9 Å². The fourth-order valence-corrected chi connectivity index (χ4v) is 2.50. The maximum atomic E-state index is 12.6. The topological polar surface area (TPSA) is 87.2 Å². The van der Waals surface area contributed by atoms with Gasteiger partial charge in [-0.2, -0.15) is 0 Å². The molecule has 1 aliphatic rings. The molecule has 2 rings (SSSR count). The van der Waals surface area contributed by atoms with E-state index in [9.17, 15) is 19.2 Å². The molecule has 1 saturated heterocycles. The third-order valence-corrected chi connectivity index (χ3v) is 3.88. The molecule has 1 aliphatic heterocycles. The highest BCUT2D eigenvalue weighted by Crippen LogP contribution is 2.13. The highest BCUT2D eigenvalue weighted by atomic mass is 16.5. The zero-order valence-electron chi connectivity index (χ0n) is 14.3. The number of methoxy groups -OCH3 is 1. The van der Waals surface area contributed by atoms with Crippen LogP contribution in [0, 0.1) is 0 Å². The molecule has 25 heavy (non-hydrogen) atoms. The zero-order valence-corrected chi connectivity index (χ0v) is 14.3. The summed E-state index contributed by atoms with van der Waals surface area (Å²) in [6.07, 6.45) is 0. The third kappa shape index (κ3) is 4.21. The van der Waals surface area contributed by atoms with E-state index in [-0.39, 0.29) is 6.54 Å². The van der Waals surface area contributed by atoms with Crippen molar-refractivity contribution in [2.24, 2.45) is 0 Å². The molecule has 0 unspecified atom stereocenters. The maximum Gasteiger partial charge on any atom is 0.334 e. The zero-order chi connectivity index (χ0) is 18.4. The van der Waals surface area contributed by atoms with Crippen LogP contribution in [0.2, 0.25) is 0 Å². The first-order chi connectivity index (χ1) is 12.0. The van der Waals surface area contributed by atoms with Crippen LogP contribution in [0.1, 0.15) is 12.5 Å². The van der Waals surface area contributed by atoms with Gasteiger partial charge in [0.25, 0.3) is 0 Å². The van der Waals surface area contributed by atoms with Gasteiger partial charge in [-0.05, 0) is 12.5 Å². The van der Waals surface area contributed by atoms with Crippen molar-refractivity contribution in [2.45, 2.75) is 13.5 Å². The minimum atomic E-state index is -0.966. The highest BCUT2D eigenvalue weighted by Gasteiger charge is 2.44. The van der Waals surface area contributed by atoms with E-state index in [1.165, 1.54) is 12.0 Å². The fraction of sp³-hybridized carbons (Fsp3) is 0.412. The van der Waals surface area contributed by atoms with E-state index < -0.39 is 30.3 Å². The standard InChI is InChI=1S/C17H21N3O5/c1-3-19-15(22)16(23)20(17(19)24)12-14(21)18(9-10-25-2)11-13-7-5-4-6-8-13/h4-8H,3,9-12H2,1-2H3. The molecule has 5 amide bonds. The number of amides is 5. The molecule has 0 saturated carbocycles. The Morgan fingerprint density at radius 3 is 2.28 bits per heavy atom. The second-order valence-electron chi connectivity index (χ2n) is 5.52. The van der Waals surface area contributed by atoms with Gasteiger partial charge in [0.15, 0.2) is 0 Å². The number of hydrogen-bond donors (Lipinski definition) is 0. The van der Waals surface area contributed by atoms with E-state index in [0.29, 0.717) is 24.6 Å². The van der Waals surface area contributed by atoms with Crippen LogP contribution in [0.4, 0.5) is 4.79 Å². The van der Waals surface area contributed by atoms with Crippen LogP contribution in [0.15, 0.2) is 30.3 Å². The molecule has 0 bridgehead atoms. The maximum absolute atomic E-state index is 12.6. The minimum absolute atomic E-state index is 0.0888. The van der Waals surface area contributed by atoms with Crippen LogP contribution >= 0.6 is 0 Å². The molecule has 0 spiro atoms. The minimum Gasteiger partial charge on any atom is -0.383 e. The molecule has 1 heterocycles. The average molecular weight is 347 g/mol. The van der Waals surface area contributed by atoms with E-state index in [0.717, 1.165) is 10.5 Å². The number of likely N-dealkylation sites (N-methyl/N-ethyl adjacent to an activating group) is 1. The van der Waals surface area contributed by atoms with Crippen LogP contribution in [0.3, 0.4) is 0 Å². The number of ether oxygens (including phenoxy) is 1. The molecule has 0 atom stereocenters. The summed E-state index contributed by atoms with van der Waals surface area (Å²) in [6, 6.07) is 8.59. The monoisotopic (exact) mass is 347 g/mol. The van der Waals surface area contributed by atoms with Crippen LogP contribution < -0.4 is 0 Å². The molecule has 0 aromatic heterocycles. The fourth-order valence-electron chi connectivity index (χ4n) is 2.50. The largest absolute Gasteiger partial charge is 0.383 e. The molecule has 1 fully saturated rings. The average Bonchev–Trinajstić information content (AvgIpc) is 2.82. The molecule has 1 aromatic rings. The molecule has 0 N–H and O–H groups in total. The van der Waals surface area contributed by atoms with Gasteiger partial charge in [0.05, 0.1) is 6.61 Å². The molecule has 0 radical (unpaired) electrons. The van der Waals surface area contributed by atoms with Crippen LogP contribution in [-0.2, 0) is 25.7 Å². The van der Waals surface area contributed by atoms with E-state index in [1.807, 2.05) is 30.3 Å². The van der Waals surface area contributed by atoms with Crippen molar-refractivity contribution in [3.63, 3.8) is 0 Å². The van der Waals surface area contributed by atoms with Crippen molar-refractivity contribution in [1.29, 1.82) is 0 Å². The van der Waals surface area contributed by atoms with Gasteiger partial charge >= 0.3 is 17.8 Å². The summed E-state index contributed by atoms with van der Waals surface area (Å²) in [5.74, 6) is -2.29. The second kappa shape index (κ2) is 8.39. The molecular formula is C17H21N3O5. The number of benzene rings is 1. The van der Waals surface area contributed by atoms with Crippen molar-refractivity contribution >= 4 is 23.8 Å². The van der Waals surface area contributed by atoms with Crippen LogP contribution in [0.25, 0.3) is 0 Å². The van der Waals surface area contributed by atoms with Gasteiger partial charge in [-0.3, -0.25) is 19.3 Å². The predicted octanol–water partition coefficient (Wildman–Crippen LogP) is 0.472. The van der Waals surface area contributed by atoms with Gasteiger partial charge in [0.1, 0.15) is 6.54 Å². The lowest BCUT2D eigenvalue weighted by Crippen LogP contribution is -2.44. The lowest BCUT2D eigenvalue weighted by Gasteiger charge is -2.24. The summed E-state index contributed by atoms with van der Waals surface area (Å²) in [5.41, 5.74) is 0.914. The Bertz CT molecular complexity index is 662. The molecular weight excluding hydrogens is 326 g/mol. The van der Waals surface area contributed by atoms with E-state index in [1.54, 1.807) is 6.92 Å². The summed E-state index contributed by atoms with van der Waals surface area (Å²) in [6.45, 7) is 2.17. The first-order valence-electron chi connectivity index (χ1n) is 7.97. The van der Waals surface area contributed by atoms with E-state index in [4.69, 9.17) is 4.74 Å². The Balaban J connectivity index is 2.10. The van der Waals surface area contributed by atoms with Gasteiger partial charge < -0.3 is 9.64 Å². The molecule has 8 nitrogen and oxygen atoms in total. The Morgan fingerprint density at radius 2 is 1.72 bits per heavy atom. The van der Waals surface area contributed by atoms with Gasteiger partial charge in [-0.25, -0.2) is 9.69 Å². The Labute approximate surface area is 145 Å². The van der Waals surface area contributed by atoms with E-state index in [2.05, 4.69) is 0 Å². The van der Waals surface area contributed by atoms with Crippen LogP contribution in [-0.4, -0.2) is 71.8 Å². The second-order valence-corrected chi connectivity index (χ2v) is 5.52. The summed E-state index contributed by atoms with van der Waals surface area (Å²) in [4.78, 5) is 51.4. The van der Waals surface area contributed by atoms with Gasteiger partial charge in [0, 0.05) is 26.7 Å². The SMILES string of the molecule is CCN1C(=O)C(=O)N(CC(=O)N(CCOC)Cc2ccccc2)C1=O. The summed E-state index contributed by atoms with van der Waals surface area (Å²) < 4.78 is 5.02. The molecule has 0 aliphatic carbocycles. The molecule has 1 aromatic carbocycles. The Hall–Kier alpha value is -2.74. The Morgan fingerprint density at radius 1 is 1.08 bits per heavy atom. The molecule has 8 heteroatoms. The van der Waals surface area contributed by atoms with Gasteiger partial charge in [-0.15, -0.1) is 0 Å². The number of carbonyl (C=O) groups excluding carboxylic acids is 4. The normalized spacial score (nSPS) is 14.4. The van der Waals surface area contributed by atoms with Crippen molar-refractivity contribution in [3.8, 4) is 0 Å². The number of nitrogens with zero attached hydrogens (tertiary/aromatic N) is 3. The third-order valence-electron chi connectivity index (χ3n) is 3.88. The first-order valence-corrected chi connectivity index (χ1v) is 7.97. The number of carbonyl (C=O) groups is 4. The van der Waals surface area contributed by atoms with Gasteiger partial charge in [-0.1, -0.05) is 30.3 Å². The lowest BCUT2D eigenvalue weighted by molar-refractivity contribution is -0.145. The smallest absolute Gasteiger partial charge is 0.334 e. The van der Waals surface area contributed by atoms with Crippen molar-refractivity contribution in [1.82, 2.24) is 14.7 Å². The van der Waals surface area contributed by atoms with Crippen molar-refractivity contribution in [2.75, 3.05) is 33.4 Å². The number of hydrogen-bond acceptors (Lipinski definition) is 5.